The quantitative estimate of drug-likeness (QED) is 0.191. The fraction of sp³-hybridized carbons (Fsp3) is 0.433. The molecule has 0 aliphatic heterocycles. The van der Waals surface area contributed by atoms with Gasteiger partial charge in [-0.05, 0) is 82.5 Å². The maximum atomic E-state index is 13.0. The lowest BCUT2D eigenvalue weighted by Crippen LogP contribution is -2.42. The molecule has 1 N–H and O–H groups in total. The van der Waals surface area contributed by atoms with E-state index in [4.69, 9.17) is 18.9 Å². The first-order chi connectivity index (χ1) is 18.5. The van der Waals surface area contributed by atoms with Gasteiger partial charge in [0.25, 0.3) is 0 Å². The summed E-state index contributed by atoms with van der Waals surface area (Å²) in [5, 5.41) is 0. The summed E-state index contributed by atoms with van der Waals surface area (Å²) < 4.78 is 38.0. The van der Waals surface area contributed by atoms with Crippen molar-refractivity contribution in [3.63, 3.8) is 0 Å². The molecule has 2 atom stereocenters. The topological polar surface area (TPSA) is 89.1 Å². The van der Waals surface area contributed by atoms with Crippen molar-refractivity contribution in [1.82, 2.24) is 4.72 Å². The van der Waals surface area contributed by atoms with Gasteiger partial charge in [-0.15, -0.1) is 16.1 Å². The van der Waals surface area contributed by atoms with Crippen LogP contribution >= 0.6 is 11.3 Å². The fourth-order valence-electron chi connectivity index (χ4n) is 4.08. The van der Waals surface area contributed by atoms with Gasteiger partial charge in [0, 0.05) is 26.7 Å². The average Bonchev–Trinajstić information content (AvgIpc) is 3.27. The third-order valence-corrected chi connectivity index (χ3v) is 8.83. The summed E-state index contributed by atoms with van der Waals surface area (Å²) in [5.74, 6) is 1.74. The third-order valence-electron chi connectivity index (χ3n) is 6.14. The highest BCUT2D eigenvalue weighted by molar-refractivity contribution is 7.90. The Kier molecular flexibility index (Phi) is 10.7. The van der Waals surface area contributed by atoms with Crippen molar-refractivity contribution in [2.75, 3.05) is 20.8 Å². The second-order valence-corrected chi connectivity index (χ2v) is 13.4. The van der Waals surface area contributed by atoms with Crippen molar-refractivity contribution in [1.29, 1.82) is 0 Å². The Morgan fingerprint density at radius 3 is 2.41 bits per heavy atom. The van der Waals surface area contributed by atoms with E-state index in [0.29, 0.717) is 24.7 Å². The number of esters is 1. The zero-order chi connectivity index (χ0) is 28.7. The lowest BCUT2D eigenvalue weighted by Gasteiger charge is -2.27. The van der Waals surface area contributed by atoms with Crippen LogP contribution < -0.4 is 18.9 Å². The average molecular weight is 574 g/mol. The maximum absolute atomic E-state index is 13.0. The van der Waals surface area contributed by atoms with Crippen LogP contribution in [0.1, 0.15) is 61.7 Å². The van der Waals surface area contributed by atoms with Crippen LogP contribution in [-0.4, -0.2) is 36.1 Å². The molecule has 0 saturated heterocycles. The number of aryl methyl sites for hydroxylation is 2. The van der Waals surface area contributed by atoms with Crippen LogP contribution in [0.5, 0.6) is 17.2 Å². The summed E-state index contributed by atoms with van der Waals surface area (Å²) >= 11 is 0.257. The molecule has 1 aromatic heterocycles. The zero-order valence-corrected chi connectivity index (χ0v) is 25.6. The molecule has 0 saturated carbocycles. The summed E-state index contributed by atoms with van der Waals surface area (Å²) in [6.07, 6.45) is 0.0864. The van der Waals surface area contributed by atoms with E-state index >= 15 is 0 Å². The summed E-state index contributed by atoms with van der Waals surface area (Å²) in [5.41, 5.74) is 3.94. The Bertz CT molecular complexity index is 1270. The highest BCUT2D eigenvalue weighted by Crippen LogP contribution is 2.42. The van der Waals surface area contributed by atoms with Gasteiger partial charge in [0.15, 0.2) is 11.5 Å². The molecular formula is C30H39NO6S2. The standard InChI is InChI=1S/C30H39NO6S2/c1-9-36-28(32)17-23(31-39(33)30(4,5)6)22-16-27(38-20(22)3)29-19(2)11-10-12-25(29)37-18-21-13-14-24(34-7)26(15-21)35-8/h10-16,23,31H,9,17-18H2,1-8H3/t23-,39+/m0/s1. The molecule has 0 amide bonds. The summed E-state index contributed by atoms with van der Waals surface area (Å²) in [4.78, 5) is 14.5. The minimum Gasteiger partial charge on any atom is -0.598 e. The summed E-state index contributed by atoms with van der Waals surface area (Å²) in [7, 11) is 3.22. The Morgan fingerprint density at radius 2 is 1.77 bits per heavy atom. The largest absolute Gasteiger partial charge is 0.598 e. The molecular weight excluding hydrogens is 534 g/mol. The van der Waals surface area contributed by atoms with E-state index in [9.17, 15) is 9.35 Å². The van der Waals surface area contributed by atoms with Gasteiger partial charge in [0.1, 0.15) is 17.1 Å². The summed E-state index contributed by atoms with van der Waals surface area (Å²) in [6, 6.07) is 13.3. The first-order valence-electron chi connectivity index (χ1n) is 12.9. The van der Waals surface area contributed by atoms with Crippen LogP contribution in [-0.2, 0) is 27.5 Å². The number of hydrogen-bond donors (Lipinski definition) is 1. The molecule has 0 unspecified atom stereocenters. The molecule has 0 aliphatic carbocycles. The minimum atomic E-state index is -1.37. The molecule has 3 rings (SSSR count). The molecule has 9 heteroatoms. The van der Waals surface area contributed by atoms with Gasteiger partial charge in [-0.1, -0.05) is 18.2 Å². The van der Waals surface area contributed by atoms with Crippen LogP contribution in [0, 0.1) is 13.8 Å². The van der Waals surface area contributed by atoms with E-state index < -0.39 is 22.2 Å². The lowest BCUT2D eigenvalue weighted by molar-refractivity contribution is -0.143. The molecule has 3 aromatic rings. The van der Waals surface area contributed by atoms with Crippen molar-refractivity contribution in [2.45, 2.75) is 65.4 Å². The van der Waals surface area contributed by atoms with Gasteiger partial charge >= 0.3 is 5.97 Å². The molecule has 0 radical (unpaired) electrons. The fourth-order valence-corrected chi connectivity index (χ4v) is 6.10. The van der Waals surface area contributed by atoms with Gasteiger partial charge in [-0.3, -0.25) is 4.79 Å². The van der Waals surface area contributed by atoms with Gasteiger partial charge < -0.3 is 23.5 Å². The number of carbonyl (C=O) groups excluding carboxylic acids is 1. The minimum absolute atomic E-state index is 0.0864. The van der Waals surface area contributed by atoms with Crippen molar-refractivity contribution in [3.05, 3.63) is 64.0 Å². The van der Waals surface area contributed by atoms with Gasteiger partial charge in [0.2, 0.25) is 0 Å². The number of hydrogen-bond acceptors (Lipinski definition) is 8. The Morgan fingerprint density at radius 1 is 1.05 bits per heavy atom. The Balaban J connectivity index is 1.94. The third kappa shape index (κ3) is 7.91. The van der Waals surface area contributed by atoms with Crippen LogP contribution in [0.25, 0.3) is 10.4 Å². The molecule has 2 aromatic carbocycles. The second-order valence-electron chi connectivity index (χ2n) is 10.1. The number of rotatable bonds is 12. The smallest absolute Gasteiger partial charge is 0.307 e. The summed E-state index contributed by atoms with van der Waals surface area (Å²) in [6.45, 7) is 12.2. The van der Waals surface area contributed by atoms with Crippen molar-refractivity contribution in [3.8, 4) is 27.7 Å². The molecule has 0 aliphatic rings. The number of methoxy groups -OCH3 is 2. The molecule has 212 valence electrons. The molecule has 39 heavy (non-hydrogen) atoms. The predicted octanol–water partition coefficient (Wildman–Crippen LogP) is 6.67. The monoisotopic (exact) mass is 573 g/mol. The Hall–Kier alpha value is -2.72. The van der Waals surface area contributed by atoms with Crippen LogP contribution in [0.15, 0.2) is 42.5 Å². The van der Waals surface area contributed by atoms with Crippen LogP contribution in [0.4, 0.5) is 0 Å². The number of benzene rings is 2. The number of carbonyl (C=O) groups is 1. The molecule has 0 fully saturated rings. The number of nitrogens with one attached hydrogen (secondary N) is 1. The van der Waals surface area contributed by atoms with Crippen molar-refractivity contribution in [2.24, 2.45) is 0 Å². The van der Waals surface area contributed by atoms with Crippen molar-refractivity contribution < 1.29 is 28.3 Å². The highest BCUT2D eigenvalue weighted by atomic mass is 32.2. The SMILES string of the molecule is CCOC(=O)C[C@H](N[S@+]([O-])C(C)(C)C)c1cc(-c2c(C)cccc2OCc2ccc(OC)c(OC)c2)sc1C. The number of thiophene rings is 1. The van der Waals surface area contributed by atoms with E-state index in [1.54, 1.807) is 32.5 Å². The van der Waals surface area contributed by atoms with Crippen LogP contribution in [0.2, 0.25) is 0 Å². The molecule has 7 nitrogen and oxygen atoms in total. The van der Waals surface area contributed by atoms with E-state index in [-0.39, 0.29) is 12.4 Å². The highest BCUT2D eigenvalue weighted by Gasteiger charge is 2.32. The zero-order valence-electron chi connectivity index (χ0n) is 24.0. The van der Waals surface area contributed by atoms with Crippen molar-refractivity contribution >= 4 is 28.7 Å². The first kappa shape index (κ1) is 30.8. The van der Waals surface area contributed by atoms with E-state index in [2.05, 4.69) is 23.8 Å². The predicted molar refractivity (Wildman–Crippen MR) is 158 cm³/mol. The van der Waals surface area contributed by atoms with E-state index in [1.165, 1.54) is 0 Å². The molecule has 1 heterocycles. The lowest BCUT2D eigenvalue weighted by atomic mass is 10.0. The van der Waals surface area contributed by atoms with Gasteiger partial charge in [-0.25, -0.2) is 0 Å². The number of ether oxygens (including phenoxy) is 4. The van der Waals surface area contributed by atoms with Crippen LogP contribution in [0.3, 0.4) is 0 Å². The van der Waals surface area contributed by atoms with Gasteiger partial charge in [-0.2, -0.15) is 0 Å². The van der Waals surface area contributed by atoms with Gasteiger partial charge in [0.05, 0.1) is 33.3 Å². The maximum Gasteiger partial charge on any atom is 0.307 e. The normalized spacial score (nSPS) is 13.1. The molecule has 0 bridgehead atoms. The second kappa shape index (κ2) is 13.6. The first-order valence-corrected chi connectivity index (χ1v) is 14.8. The Labute approximate surface area is 239 Å². The molecule has 0 spiro atoms. The van der Waals surface area contributed by atoms with E-state index in [1.807, 2.05) is 58.0 Å². The van der Waals surface area contributed by atoms with E-state index in [0.717, 1.165) is 37.8 Å².